The zero-order valence-electron chi connectivity index (χ0n) is 6.67. The second-order valence-electron chi connectivity index (χ2n) is 2.21. The van der Waals surface area contributed by atoms with Gasteiger partial charge in [-0.15, -0.1) is 0 Å². The molecule has 0 aliphatic rings. The molecule has 5 nitrogen and oxygen atoms in total. The molecular weight excluding hydrogens is 180 g/mol. The molecule has 1 aromatic rings. The van der Waals surface area contributed by atoms with Gasteiger partial charge in [-0.05, 0) is 0 Å². The minimum absolute atomic E-state index is 0.260. The van der Waals surface area contributed by atoms with Crippen molar-refractivity contribution in [1.82, 2.24) is 9.97 Å². The van der Waals surface area contributed by atoms with Gasteiger partial charge in [0.1, 0.15) is 5.82 Å². The van der Waals surface area contributed by atoms with Crippen molar-refractivity contribution in [3.05, 3.63) is 12.4 Å². The van der Waals surface area contributed by atoms with Crippen LogP contribution in [0.1, 0.15) is 0 Å². The van der Waals surface area contributed by atoms with Crippen LogP contribution in [0.3, 0.4) is 0 Å². The van der Waals surface area contributed by atoms with Crippen LogP contribution in [-0.4, -0.2) is 22.9 Å². The Hall–Kier alpha value is -1.50. The normalized spacial score (nSPS) is 10.2. The predicted octanol–water partition coefficient (Wildman–Crippen LogP) is 0.439. The zero-order chi connectivity index (χ0) is 9.68. The van der Waals surface area contributed by atoms with Gasteiger partial charge in [-0.3, -0.25) is 4.98 Å². The Bertz CT molecular complexity index is 267. The van der Waals surface area contributed by atoms with E-state index in [4.69, 9.17) is 5.84 Å². The summed E-state index contributed by atoms with van der Waals surface area (Å²) >= 11 is 0. The Morgan fingerprint density at radius 1 is 1.38 bits per heavy atom. The summed E-state index contributed by atoms with van der Waals surface area (Å²) in [5.74, 6) is 5.62. The van der Waals surface area contributed by atoms with Crippen LogP contribution in [0.4, 0.5) is 20.4 Å². The number of halogens is 2. The molecule has 13 heavy (non-hydrogen) atoms. The lowest BCUT2D eigenvalue weighted by Crippen LogP contribution is -2.14. The number of hydrazine groups is 1. The summed E-state index contributed by atoms with van der Waals surface area (Å²) in [6.07, 6.45) is 0.299. The fourth-order valence-corrected chi connectivity index (χ4v) is 0.702. The van der Waals surface area contributed by atoms with Crippen LogP contribution in [0.25, 0.3) is 0 Å². The number of hydrogen-bond acceptors (Lipinski definition) is 5. The number of nitrogens with zero attached hydrogens (tertiary/aromatic N) is 2. The maximum atomic E-state index is 11.8. The number of hydrogen-bond donors (Lipinski definition) is 3. The zero-order valence-corrected chi connectivity index (χ0v) is 6.67. The molecule has 1 rings (SSSR count). The largest absolute Gasteiger partial charge is 0.363 e. The van der Waals surface area contributed by atoms with Crippen LogP contribution in [0.5, 0.6) is 0 Å². The number of anilines is 2. The number of aromatic nitrogens is 2. The molecule has 0 amide bonds. The number of nitrogens with two attached hydrogens (primary N) is 1. The highest BCUT2D eigenvalue weighted by Gasteiger charge is 2.02. The highest BCUT2D eigenvalue weighted by Crippen LogP contribution is 2.05. The van der Waals surface area contributed by atoms with Gasteiger partial charge < -0.3 is 10.7 Å². The third-order valence-corrected chi connectivity index (χ3v) is 1.22. The molecule has 0 bridgehead atoms. The first kappa shape index (κ1) is 9.59. The summed E-state index contributed by atoms with van der Waals surface area (Å²) in [6.45, 7) is -0.456. The first-order chi connectivity index (χ1) is 6.22. The van der Waals surface area contributed by atoms with Crippen molar-refractivity contribution in [2.45, 2.75) is 6.43 Å². The predicted molar refractivity (Wildman–Crippen MR) is 44.3 cm³/mol. The second-order valence-corrected chi connectivity index (χ2v) is 2.21. The lowest BCUT2D eigenvalue weighted by atomic mass is 10.6. The van der Waals surface area contributed by atoms with E-state index in [-0.39, 0.29) is 5.82 Å². The Morgan fingerprint density at radius 3 is 2.69 bits per heavy atom. The number of alkyl halides is 2. The van der Waals surface area contributed by atoms with E-state index < -0.39 is 13.0 Å². The third kappa shape index (κ3) is 3.16. The Labute approximate surface area is 73.3 Å². The van der Waals surface area contributed by atoms with Crippen molar-refractivity contribution >= 4 is 11.6 Å². The van der Waals surface area contributed by atoms with Crippen LogP contribution in [-0.2, 0) is 0 Å². The molecule has 0 saturated carbocycles. The summed E-state index contributed by atoms with van der Waals surface area (Å²) in [5.41, 5.74) is 2.25. The minimum atomic E-state index is -2.42. The summed E-state index contributed by atoms with van der Waals surface area (Å²) < 4.78 is 23.5. The SMILES string of the molecule is NNc1cncc(NCC(F)F)n1. The van der Waals surface area contributed by atoms with E-state index >= 15 is 0 Å². The molecule has 4 N–H and O–H groups in total. The van der Waals surface area contributed by atoms with E-state index in [1.807, 2.05) is 0 Å². The molecule has 0 radical (unpaired) electrons. The van der Waals surface area contributed by atoms with Crippen LogP contribution >= 0.6 is 0 Å². The van der Waals surface area contributed by atoms with Crippen molar-refractivity contribution in [2.75, 3.05) is 17.3 Å². The smallest absolute Gasteiger partial charge is 0.255 e. The number of nitrogen functional groups attached to an aromatic ring is 1. The van der Waals surface area contributed by atoms with Gasteiger partial charge in [-0.1, -0.05) is 0 Å². The first-order valence-corrected chi connectivity index (χ1v) is 3.53. The van der Waals surface area contributed by atoms with Gasteiger partial charge in [-0.2, -0.15) is 0 Å². The van der Waals surface area contributed by atoms with E-state index in [1.165, 1.54) is 12.4 Å². The van der Waals surface area contributed by atoms with E-state index in [2.05, 4.69) is 20.7 Å². The van der Waals surface area contributed by atoms with Crippen molar-refractivity contribution in [3.63, 3.8) is 0 Å². The molecule has 0 atom stereocenters. The minimum Gasteiger partial charge on any atom is -0.363 e. The lowest BCUT2D eigenvalue weighted by molar-refractivity contribution is 0.163. The van der Waals surface area contributed by atoms with Gasteiger partial charge in [0.2, 0.25) is 0 Å². The maximum absolute atomic E-state index is 11.8. The van der Waals surface area contributed by atoms with E-state index in [0.29, 0.717) is 5.82 Å². The average Bonchev–Trinajstić information content (AvgIpc) is 2.15. The molecule has 0 aliphatic heterocycles. The molecule has 1 aromatic heterocycles. The Balaban J connectivity index is 2.56. The van der Waals surface area contributed by atoms with E-state index in [9.17, 15) is 8.78 Å². The highest BCUT2D eigenvalue weighted by molar-refractivity contribution is 5.40. The molecule has 1 heterocycles. The van der Waals surface area contributed by atoms with Crippen molar-refractivity contribution in [2.24, 2.45) is 5.84 Å². The van der Waals surface area contributed by atoms with Crippen molar-refractivity contribution in [1.29, 1.82) is 0 Å². The van der Waals surface area contributed by atoms with Gasteiger partial charge in [0.05, 0.1) is 18.9 Å². The first-order valence-electron chi connectivity index (χ1n) is 3.53. The van der Waals surface area contributed by atoms with Crippen LogP contribution in [0.2, 0.25) is 0 Å². The second kappa shape index (κ2) is 4.51. The van der Waals surface area contributed by atoms with Crippen LogP contribution in [0, 0.1) is 0 Å². The molecule has 0 fully saturated rings. The van der Waals surface area contributed by atoms with Gasteiger partial charge >= 0.3 is 0 Å². The molecule has 0 spiro atoms. The standard InChI is InChI=1S/C6H9F2N5/c7-4(8)1-11-5-2-10-3-6(12-5)13-9/h2-4H,1,9H2,(H2,11,12,13). The summed E-state index contributed by atoms with van der Waals surface area (Å²) in [5, 5.41) is 2.40. The Kier molecular flexibility index (Phi) is 3.32. The molecule has 72 valence electrons. The fourth-order valence-electron chi connectivity index (χ4n) is 0.702. The molecule has 7 heteroatoms. The maximum Gasteiger partial charge on any atom is 0.255 e. The summed E-state index contributed by atoms with van der Waals surface area (Å²) in [7, 11) is 0. The lowest BCUT2D eigenvalue weighted by Gasteiger charge is -2.05. The molecule has 0 aliphatic carbocycles. The van der Waals surface area contributed by atoms with Gasteiger partial charge in [0, 0.05) is 0 Å². The number of rotatable bonds is 4. The average molecular weight is 189 g/mol. The van der Waals surface area contributed by atoms with E-state index in [0.717, 1.165) is 0 Å². The molecule has 0 aromatic carbocycles. The van der Waals surface area contributed by atoms with Crippen molar-refractivity contribution < 1.29 is 8.78 Å². The third-order valence-electron chi connectivity index (χ3n) is 1.22. The summed E-state index contributed by atoms with van der Waals surface area (Å²) in [4.78, 5) is 7.54. The van der Waals surface area contributed by atoms with Gasteiger partial charge in [-0.25, -0.2) is 19.6 Å². The number of nitrogens with one attached hydrogen (secondary N) is 2. The quantitative estimate of drug-likeness (QED) is 0.473. The molecular formula is C6H9F2N5. The topological polar surface area (TPSA) is 75.9 Å². The van der Waals surface area contributed by atoms with Crippen molar-refractivity contribution in [3.8, 4) is 0 Å². The fraction of sp³-hybridized carbons (Fsp3) is 0.333. The van der Waals surface area contributed by atoms with Gasteiger partial charge in [0.15, 0.2) is 5.82 Å². The van der Waals surface area contributed by atoms with E-state index in [1.54, 1.807) is 0 Å². The summed E-state index contributed by atoms with van der Waals surface area (Å²) in [6, 6.07) is 0. The van der Waals surface area contributed by atoms with Crippen LogP contribution in [0.15, 0.2) is 12.4 Å². The monoisotopic (exact) mass is 189 g/mol. The Morgan fingerprint density at radius 2 is 2.08 bits per heavy atom. The highest BCUT2D eigenvalue weighted by atomic mass is 19.3. The van der Waals surface area contributed by atoms with Crippen LogP contribution < -0.4 is 16.6 Å². The van der Waals surface area contributed by atoms with Gasteiger partial charge in [0.25, 0.3) is 6.43 Å². The molecule has 0 saturated heterocycles. The molecule has 0 unspecified atom stereocenters.